The summed E-state index contributed by atoms with van der Waals surface area (Å²) in [5, 5.41) is 6.60. The van der Waals surface area contributed by atoms with Crippen molar-refractivity contribution in [1.82, 2.24) is 14.8 Å². The standard InChI is InChI=1S/C14H8F4N4O2S/c1-22-5-8(10(23)7-4-6(15)2-3-9(7)22)11(24)19-13-21-20-12(25-13)14(16,17)18/h2-5H,1H3,(H,19,21,24). The van der Waals surface area contributed by atoms with Crippen molar-refractivity contribution in [3.63, 3.8) is 0 Å². The largest absolute Gasteiger partial charge is 0.445 e. The normalized spacial score (nSPS) is 11.7. The van der Waals surface area contributed by atoms with Gasteiger partial charge in [-0.15, -0.1) is 10.2 Å². The first-order chi connectivity index (χ1) is 11.7. The number of aryl methyl sites for hydroxylation is 1. The number of pyridine rings is 1. The Kier molecular flexibility index (Phi) is 4.03. The van der Waals surface area contributed by atoms with Crippen LogP contribution in [0.15, 0.2) is 29.2 Å². The van der Waals surface area contributed by atoms with Crippen LogP contribution >= 0.6 is 11.3 Å². The molecule has 1 amide bonds. The lowest BCUT2D eigenvalue weighted by atomic mass is 10.1. The van der Waals surface area contributed by atoms with E-state index in [0.29, 0.717) is 5.52 Å². The summed E-state index contributed by atoms with van der Waals surface area (Å²) in [6.45, 7) is 0. The number of fused-ring (bicyclic) bond motifs is 1. The molecule has 0 atom stereocenters. The van der Waals surface area contributed by atoms with E-state index in [1.54, 1.807) is 7.05 Å². The third-order valence-corrected chi connectivity index (χ3v) is 4.17. The number of benzene rings is 1. The van der Waals surface area contributed by atoms with Gasteiger partial charge in [0.2, 0.25) is 15.6 Å². The Bertz CT molecular complexity index is 1040. The highest BCUT2D eigenvalue weighted by atomic mass is 32.1. The molecule has 0 unspecified atom stereocenters. The van der Waals surface area contributed by atoms with Gasteiger partial charge >= 0.3 is 6.18 Å². The van der Waals surface area contributed by atoms with Gasteiger partial charge in [0.25, 0.3) is 5.91 Å². The summed E-state index contributed by atoms with van der Waals surface area (Å²) >= 11 is 0.131. The van der Waals surface area contributed by atoms with Crippen LogP contribution in [-0.2, 0) is 13.2 Å². The summed E-state index contributed by atoms with van der Waals surface area (Å²) in [4.78, 5) is 24.6. The molecule has 0 saturated heterocycles. The number of aromatic nitrogens is 3. The zero-order valence-corrected chi connectivity index (χ0v) is 13.2. The summed E-state index contributed by atoms with van der Waals surface area (Å²) in [7, 11) is 1.54. The summed E-state index contributed by atoms with van der Waals surface area (Å²) in [5.41, 5.74) is -0.701. The average molecular weight is 372 g/mol. The highest BCUT2D eigenvalue weighted by Gasteiger charge is 2.35. The number of nitrogens with one attached hydrogen (secondary N) is 1. The number of hydrogen-bond acceptors (Lipinski definition) is 5. The van der Waals surface area contributed by atoms with Gasteiger partial charge in [-0.3, -0.25) is 14.9 Å². The lowest BCUT2D eigenvalue weighted by Gasteiger charge is -2.08. The lowest BCUT2D eigenvalue weighted by molar-refractivity contribution is -0.138. The molecular formula is C14H8F4N4O2S. The van der Waals surface area contributed by atoms with Crippen molar-refractivity contribution in [2.45, 2.75) is 6.18 Å². The van der Waals surface area contributed by atoms with Gasteiger partial charge in [0.1, 0.15) is 11.4 Å². The van der Waals surface area contributed by atoms with Crippen LogP contribution in [0.1, 0.15) is 15.4 Å². The Balaban J connectivity index is 1.99. The van der Waals surface area contributed by atoms with E-state index in [1.165, 1.54) is 22.9 Å². The molecule has 1 N–H and O–H groups in total. The van der Waals surface area contributed by atoms with E-state index >= 15 is 0 Å². The van der Waals surface area contributed by atoms with Crippen molar-refractivity contribution in [3.05, 3.63) is 51.0 Å². The maximum absolute atomic E-state index is 13.4. The number of rotatable bonds is 2. The minimum absolute atomic E-state index is 0.0246. The molecule has 0 fully saturated rings. The highest BCUT2D eigenvalue weighted by Crippen LogP contribution is 2.33. The van der Waals surface area contributed by atoms with Crippen molar-refractivity contribution in [3.8, 4) is 0 Å². The van der Waals surface area contributed by atoms with Gasteiger partial charge in [-0.05, 0) is 18.2 Å². The highest BCUT2D eigenvalue weighted by molar-refractivity contribution is 7.15. The second-order valence-corrected chi connectivity index (χ2v) is 5.99. The number of nitrogens with zero attached hydrogens (tertiary/aromatic N) is 3. The fourth-order valence-corrected chi connectivity index (χ4v) is 2.78. The maximum atomic E-state index is 13.4. The molecule has 0 aliphatic rings. The number of amides is 1. The summed E-state index contributed by atoms with van der Waals surface area (Å²) < 4.78 is 52.3. The number of alkyl halides is 3. The first kappa shape index (κ1) is 17.0. The lowest BCUT2D eigenvalue weighted by Crippen LogP contribution is -2.23. The van der Waals surface area contributed by atoms with Crippen LogP contribution in [0.25, 0.3) is 10.9 Å². The molecule has 0 aliphatic heterocycles. The Morgan fingerprint density at radius 3 is 2.64 bits per heavy atom. The topological polar surface area (TPSA) is 76.9 Å². The molecule has 0 aliphatic carbocycles. The molecule has 1 aromatic carbocycles. The zero-order valence-electron chi connectivity index (χ0n) is 12.4. The van der Waals surface area contributed by atoms with Crippen LogP contribution in [-0.4, -0.2) is 20.7 Å². The zero-order chi connectivity index (χ0) is 18.4. The molecule has 130 valence electrons. The van der Waals surface area contributed by atoms with Gasteiger partial charge in [0, 0.05) is 18.6 Å². The maximum Gasteiger partial charge on any atom is 0.445 e. The fourth-order valence-electron chi connectivity index (χ4n) is 2.18. The van der Waals surface area contributed by atoms with Gasteiger partial charge in [0.15, 0.2) is 0 Å². The van der Waals surface area contributed by atoms with Crippen LogP contribution in [0.4, 0.5) is 22.7 Å². The van der Waals surface area contributed by atoms with Gasteiger partial charge in [-0.1, -0.05) is 11.3 Å². The Labute approximate surface area is 140 Å². The molecule has 2 heterocycles. The van der Waals surface area contributed by atoms with Crippen molar-refractivity contribution in [1.29, 1.82) is 0 Å². The fraction of sp³-hybridized carbons (Fsp3) is 0.143. The Morgan fingerprint density at radius 2 is 2.00 bits per heavy atom. The van der Waals surface area contributed by atoms with E-state index in [9.17, 15) is 27.2 Å². The number of anilines is 1. The molecule has 3 rings (SSSR count). The molecule has 0 bridgehead atoms. The minimum Gasteiger partial charge on any atom is -0.350 e. The third kappa shape index (κ3) is 3.22. The van der Waals surface area contributed by atoms with Crippen LogP contribution in [0, 0.1) is 5.82 Å². The van der Waals surface area contributed by atoms with E-state index in [0.717, 1.165) is 6.07 Å². The molecule has 11 heteroatoms. The van der Waals surface area contributed by atoms with Gasteiger partial charge in [-0.25, -0.2) is 4.39 Å². The smallest absolute Gasteiger partial charge is 0.350 e. The van der Waals surface area contributed by atoms with Crippen molar-refractivity contribution in [2.75, 3.05) is 5.32 Å². The molecule has 0 spiro atoms. The second kappa shape index (κ2) is 5.92. The third-order valence-electron chi connectivity index (χ3n) is 3.28. The first-order valence-electron chi connectivity index (χ1n) is 6.68. The van der Waals surface area contributed by atoms with E-state index in [4.69, 9.17) is 0 Å². The molecule has 3 aromatic rings. The molecule has 2 aromatic heterocycles. The van der Waals surface area contributed by atoms with E-state index in [1.807, 2.05) is 0 Å². The predicted octanol–water partition coefficient (Wildman–Crippen LogP) is 2.80. The molecule has 6 nitrogen and oxygen atoms in total. The minimum atomic E-state index is -4.68. The molecule has 0 radical (unpaired) electrons. The second-order valence-electron chi connectivity index (χ2n) is 5.01. The van der Waals surface area contributed by atoms with Gasteiger partial charge in [0.05, 0.1) is 5.52 Å². The summed E-state index contributed by atoms with van der Waals surface area (Å²) in [6.07, 6.45) is -3.47. The quantitative estimate of drug-likeness (QED) is 0.702. The van der Waals surface area contributed by atoms with E-state index in [-0.39, 0.29) is 22.3 Å². The number of halogens is 4. The number of carbonyl (C=O) groups excluding carboxylic acids is 1. The van der Waals surface area contributed by atoms with Crippen LogP contribution in [0.3, 0.4) is 0 Å². The molecular weight excluding hydrogens is 364 g/mol. The Morgan fingerprint density at radius 1 is 1.28 bits per heavy atom. The first-order valence-corrected chi connectivity index (χ1v) is 7.49. The molecule has 0 saturated carbocycles. The van der Waals surface area contributed by atoms with Crippen molar-refractivity contribution in [2.24, 2.45) is 7.05 Å². The SMILES string of the molecule is Cn1cc(C(=O)Nc2nnc(C(F)(F)F)s2)c(=O)c2cc(F)ccc21. The monoisotopic (exact) mass is 372 g/mol. The van der Waals surface area contributed by atoms with Crippen molar-refractivity contribution < 1.29 is 22.4 Å². The van der Waals surface area contributed by atoms with Crippen molar-refractivity contribution >= 4 is 33.3 Å². The summed E-state index contributed by atoms with van der Waals surface area (Å²) in [6, 6.07) is 3.54. The summed E-state index contributed by atoms with van der Waals surface area (Å²) in [5.74, 6) is -1.61. The van der Waals surface area contributed by atoms with Crippen LogP contribution in [0.5, 0.6) is 0 Å². The number of carbonyl (C=O) groups is 1. The Hall–Kier alpha value is -2.82. The number of hydrogen-bond donors (Lipinski definition) is 1. The average Bonchev–Trinajstić information content (AvgIpc) is 2.99. The van der Waals surface area contributed by atoms with E-state index in [2.05, 4.69) is 15.5 Å². The van der Waals surface area contributed by atoms with E-state index < -0.39 is 33.5 Å². The predicted molar refractivity (Wildman–Crippen MR) is 82.0 cm³/mol. The van der Waals surface area contributed by atoms with Crippen LogP contribution in [0.2, 0.25) is 0 Å². The van der Waals surface area contributed by atoms with Gasteiger partial charge in [-0.2, -0.15) is 13.2 Å². The molecule has 25 heavy (non-hydrogen) atoms. The van der Waals surface area contributed by atoms with Gasteiger partial charge < -0.3 is 4.57 Å². The van der Waals surface area contributed by atoms with Crippen LogP contribution < -0.4 is 10.7 Å².